The standard InChI is InChI=1S/C25H27N3O2/c29-16-18-5-1-2-7-21(18)25(30)27-19-8-9-24-22(14-19)23(15-26-24)17-10-12-28-11-4-3-6-20(28)13-17/h1-2,5,7-9,14-17,20,26H,3-4,6,10-13H2,(H,27,30). The van der Waals surface area contributed by atoms with Crippen LogP contribution in [0.1, 0.15) is 64.3 Å². The number of benzene rings is 2. The van der Waals surface area contributed by atoms with Crippen molar-refractivity contribution >= 4 is 28.8 Å². The molecule has 5 heteroatoms. The van der Waals surface area contributed by atoms with Crippen LogP contribution in [0, 0.1) is 0 Å². The number of hydrogen-bond acceptors (Lipinski definition) is 3. The van der Waals surface area contributed by atoms with Crippen molar-refractivity contribution in [3.63, 3.8) is 0 Å². The Morgan fingerprint density at radius 2 is 2.00 bits per heavy atom. The normalized spacial score (nSPS) is 21.9. The summed E-state index contributed by atoms with van der Waals surface area (Å²) in [4.78, 5) is 30.1. The van der Waals surface area contributed by atoms with Crippen molar-refractivity contribution in [2.45, 2.75) is 44.1 Å². The Morgan fingerprint density at radius 1 is 1.10 bits per heavy atom. The zero-order valence-corrected chi connectivity index (χ0v) is 17.1. The third-order valence-corrected chi connectivity index (χ3v) is 6.81. The number of aldehydes is 1. The Balaban J connectivity index is 1.39. The fourth-order valence-electron chi connectivity index (χ4n) is 5.23. The maximum Gasteiger partial charge on any atom is 0.256 e. The molecular weight excluding hydrogens is 374 g/mol. The number of nitrogens with zero attached hydrogens (tertiary/aromatic N) is 1. The van der Waals surface area contributed by atoms with E-state index in [2.05, 4.69) is 27.5 Å². The molecule has 3 aromatic rings. The van der Waals surface area contributed by atoms with Gasteiger partial charge in [0.25, 0.3) is 5.91 Å². The van der Waals surface area contributed by atoms with Crippen LogP contribution in [0.15, 0.2) is 48.7 Å². The second-order valence-electron chi connectivity index (χ2n) is 8.57. The second kappa shape index (κ2) is 8.07. The van der Waals surface area contributed by atoms with E-state index >= 15 is 0 Å². The van der Waals surface area contributed by atoms with Crippen molar-refractivity contribution in [2.24, 2.45) is 0 Å². The lowest BCUT2D eigenvalue weighted by Crippen LogP contribution is -2.44. The van der Waals surface area contributed by atoms with Crippen LogP contribution in [-0.4, -0.2) is 41.2 Å². The fraction of sp³-hybridized carbons (Fsp3) is 0.360. The molecule has 1 amide bonds. The van der Waals surface area contributed by atoms with Gasteiger partial charge in [-0.3, -0.25) is 9.59 Å². The molecule has 2 aliphatic heterocycles. The highest BCUT2D eigenvalue weighted by molar-refractivity contribution is 6.09. The first-order chi connectivity index (χ1) is 14.7. The molecule has 2 atom stereocenters. The molecule has 5 nitrogen and oxygen atoms in total. The Hall–Kier alpha value is -2.92. The minimum absolute atomic E-state index is 0.260. The number of aromatic nitrogens is 1. The van der Waals surface area contributed by atoms with Gasteiger partial charge in [-0.25, -0.2) is 0 Å². The first-order valence-electron chi connectivity index (χ1n) is 10.9. The number of carbonyl (C=O) groups is 2. The van der Waals surface area contributed by atoms with Gasteiger partial charge in [-0.05, 0) is 74.5 Å². The molecule has 5 rings (SSSR count). The molecule has 2 unspecified atom stereocenters. The zero-order chi connectivity index (χ0) is 20.5. The van der Waals surface area contributed by atoms with Crippen LogP contribution in [-0.2, 0) is 0 Å². The van der Waals surface area contributed by atoms with Crippen molar-refractivity contribution in [1.82, 2.24) is 9.88 Å². The average molecular weight is 402 g/mol. The van der Waals surface area contributed by atoms with Gasteiger partial charge in [-0.1, -0.05) is 24.6 Å². The monoisotopic (exact) mass is 401 g/mol. The lowest BCUT2D eigenvalue weighted by Gasteiger charge is -2.42. The maximum absolute atomic E-state index is 12.7. The van der Waals surface area contributed by atoms with Crippen LogP contribution in [0.2, 0.25) is 0 Å². The number of rotatable bonds is 4. The summed E-state index contributed by atoms with van der Waals surface area (Å²) in [5.74, 6) is 0.296. The van der Waals surface area contributed by atoms with Gasteiger partial charge in [-0.2, -0.15) is 0 Å². The number of H-pyrrole nitrogens is 1. The van der Waals surface area contributed by atoms with Crippen molar-refractivity contribution in [1.29, 1.82) is 0 Å². The van der Waals surface area contributed by atoms with Crippen molar-refractivity contribution in [3.8, 4) is 0 Å². The molecule has 2 N–H and O–H groups in total. The van der Waals surface area contributed by atoms with E-state index in [-0.39, 0.29) is 5.91 Å². The molecule has 2 aliphatic rings. The van der Waals surface area contributed by atoms with Crippen LogP contribution in [0.3, 0.4) is 0 Å². The molecule has 0 aliphatic carbocycles. The molecule has 2 fully saturated rings. The van der Waals surface area contributed by atoms with Crippen LogP contribution >= 0.6 is 0 Å². The van der Waals surface area contributed by atoms with E-state index in [1.807, 2.05) is 12.1 Å². The molecule has 1 aromatic heterocycles. The van der Waals surface area contributed by atoms with E-state index in [4.69, 9.17) is 0 Å². The first-order valence-corrected chi connectivity index (χ1v) is 10.9. The number of anilines is 1. The van der Waals surface area contributed by atoms with Crippen molar-refractivity contribution in [2.75, 3.05) is 18.4 Å². The van der Waals surface area contributed by atoms with Gasteiger partial charge in [0.15, 0.2) is 6.29 Å². The quantitative estimate of drug-likeness (QED) is 0.607. The molecule has 154 valence electrons. The van der Waals surface area contributed by atoms with E-state index in [0.717, 1.165) is 17.5 Å². The van der Waals surface area contributed by atoms with E-state index in [1.165, 1.54) is 56.1 Å². The Labute approximate surface area is 176 Å². The summed E-state index contributed by atoms with van der Waals surface area (Å²) in [5, 5.41) is 4.16. The molecule has 2 aromatic carbocycles. The number of aromatic amines is 1. The van der Waals surface area contributed by atoms with Crippen LogP contribution in [0.5, 0.6) is 0 Å². The highest BCUT2D eigenvalue weighted by atomic mass is 16.1. The number of piperidine rings is 2. The Kier molecular flexibility index (Phi) is 5.13. The molecule has 30 heavy (non-hydrogen) atoms. The van der Waals surface area contributed by atoms with Gasteiger partial charge in [0.2, 0.25) is 0 Å². The van der Waals surface area contributed by atoms with Gasteiger partial charge < -0.3 is 15.2 Å². The van der Waals surface area contributed by atoms with Gasteiger partial charge >= 0.3 is 0 Å². The van der Waals surface area contributed by atoms with Gasteiger partial charge in [-0.15, -0.1) is 0 Å². The van der Waals surface area contributed by atoms with E-state index in [9.17, 15) is 9.59 Å². The largest absolute Gasteiger partial charge is 0.361 e. The highest BCUT2D eigenvalue weighted by Gasteiger charge is 2.31. The first kappa shape index (κ1) is 19.1. The molecule has 3 heterocycles. The minimum Gasteiger partial charge on any atom is -0.361 e. The summed E-state index contributed by atoms with van der Waals surface area (Å²) in [6.45, 7) is 2.44. The van der Waals surface area contributed by atoms with Crippen LogP contribution < -0.4 is 5.32 Å². The molecule has 0 spiro atoms. The summed E-state index contributed by atoms with van der Waals surface area (Å²) in [7, 11) is 0. The zero-order valence-electron chi connectivity index (χ0n) is 17.1. The van der Waals surface area contributed by atoms with E-state index < -0.39 is 0 Å². The predicted octanol–water partition coefficient (Wildman–Crippen LogP) is 4.96. The summed E-state index contributed by atoms with van der Waals surface area (Å²) >= 11 is 0. The van der Waals surface area contributed by atoms with Crippen molar-refractivity contribution < 1.29 is 9.59 Å². The van der Waals surface area contributed by atoms with Gasteiger partial charge in [0, 0.05) is 34.4 Å². The number of carbonyl (C=O) groups excluding carboxylic acids is 2. The van der Waals surface area contributed by atoms with Gasteiger partial charge in [0.05, 0.1) is 5.56 Å². The number of amides is 1. The molecule has 2 saturated heterocycles. The summed E-state index contributed by atoms with van der Waals surface area (Å²) in [5.41, 5.74) is 4.01. The number of hydrogen-bond donors (Lipinski definition) is 2. The number of nitrogens with one attached hydrogen (secondary N) is 2. The Bertz CT molecular complexity index is 1090. The lowest BCUT2D eigenvalue weighted by atomic mass is 9.82. The minimum atomic E-state index is -0.260. The molecular formula is C25H27N3O2. The topological polar surface area (TPSA) is 65.2 Å². The molecule has 0 bridgehead atoms. The summed E-state index contributed by atoms with van der Waals surface area (Å²) in [6, 6.07) is 13.6. The summed E-state index contributed by atoms with van der Waals surface area (Å²) < 4.78 is 0. The van der Waals surface area contributed by atoms with Gasteiger partial charge in [0.1, 0.15) is 0 Å². The van der Waals surface area contributed by atoms with E-state index in [1.54, 1.807) is 24.3 Å². The molecule has 0 saturated carbocycles. The fourth-order valence-corrected chi connectivity index (χ4v) is 5.23. The van der Waals surface area contributed by atoms with Crippen LogP contribution in [0.25, 0.3) is 10.9 Å². The predicted molar refractivity (Wildman–Crippen MR) is 119 cm³/mol. The lowest BCUT2D eigenvalue weighted by molar-refractivity contribution is 0.0977. The van der Waals surface area contributed by atoms with Crippen LogP contribution in [0.4, 0.5) is 5.69 Å². The smallest absolute Gasteiger partial charge is 0.256 e. The third kappa shape index (κ3) is 3.54. The third-order valence-electron chi connectivity index (χ3n) is 6.81. The maximum atomic E-state index is 12.7. The molecule has 0 radical (unpaired) electrons. The summed E-state index contributed by atoms with van der Waals surface area (Å²) in [6.07, 6.45) is 9.28. The second-order valence-corrected chi connectivity index (χ2v) is 8.57. The SMILES string of the molecule is O=Cc1ccccc1C(=O)Nc1ccc2[nH]cc(C3CCN4CCCCC4C3)c2c1. The Morgan fingerprint density at radius 3 is 2.90 bits per heavy atom. The van der Waals surface area contributed by atoms with Crippen molar-refractivity contribution in [3.05, 3.63) is 65.4 Å². The average Bonchev–Trinajstić information content (AvgIpc) is 3.22. The van der Waals surface area contributed by atoms with E-state index in [0.29, 0.717) is 23.1 Å². The number of fused-ring (bicyclic) bond motifs is 2. The highest BCUT2D eigenvalue weighted by Crippen LogP contribution is 2.38.